The Morgan fingerprint density at radius 1 is 1.18 bits per heavy atom. The van der Waals surface area contributed by atoms with E-state index in [0.717, 1.165) is 51.1 Å². The molecular formula is C14H28N2O. The summed E-state index contributed by atoms with van der Waals surface area (Å²) in [6.07, 6.45) is 5.32. The van der Waals surface area contributed by atoms with Crippen molar-refractivity contribution in [2.24, 2.45) is 5.92 Å². The van der Waals surface area contributed by atoms with E-state index in [1.807, 2.05) is 4.90 Å². The monoisotopic (exact) mass is 240 g/mol. The van der Waals surface area contributed by atoms with Gasteiger partial charge in [0.15, 0.2) is 0 Å². The summed E-state index contributed by atoms with van der Waals surface area (Å²) in [6, 6.07) is 0.141. The number of rotatable bonds is 4. The summed E-state index contributed by atoms with van der Waals surface area (Å²) < 4.78 is 0. The van der Waals surface area contributed by atoms with Gasteiger partial charge < -0.3 is 10.2 Å². The van der Waals surface area contributed by atoms with Crippen LogP contribution in [0.25, 0.3) is 0 Å². The van der Waals surface area contributed by atoms with Gasteiger partial charge in [0, 0.05) is 18.6 Å². The highest BCUT2D eigenvalue weighted by Crippen LogP contribution is 2.21. The van der Waals surface area contributed by atoms with Gasteiger partial charge in [0.2, 0.25) is 0 Å². The number of hydrogen-bond donors (Lipinski definition) is 1. The third kappa shape index (κ3) is 3.62. The average Bonchev–Trinajstić information content (AvgIpc) is 2.37. The van der Waals surface area contributed by atoms with Crippen LogP contribution < -0.4 is 5.32 Å². The molecular weight excluding hydrogens is 212 g/mol. The van der Waals surface area contributed by atoms with Crippen molar-refractivity contribution >= 4 is 6.03 Å². The van der Waals surface area contributed by atoms with Crippen molar-refractivity contribution in [2.45, 2.75) is 65.3 Å². The van der Waals surface area contributed by atoms with E-state index in [1.54, 1.807) is 0 Å². The highest BCUT2D eigenvalue weighted by atomic mass is 16.2. The van der Waals surface area contributed by atoms with Gasteiger partial charge in [0.05, 0.1) is 0 Å². The molecule has 1 N–H and O–H groups in total. The van der Waals surface area contributed by atoms with Crippen LogP contribution in [-0.4, -0.2) is 29.6 Å². The molecule has 3 heteroatoms. The molecule has 0 aromatic heterocycles. The van der Waals surface area contributed by atoms with Gasteiger partial charge in [-0.2, -0.15) is 0 Å². The van der Waals surface area contributed by atoms with Crippen LogP contribution in [0.4, 0.5) is 4.79 Å². The lowest BCUT2D eigenvalue weighted by Crippen LogP contribution is -2.53. The number of urea groups is 1. The molecule has 3 nitrogen and oxygen atoms in total. The summed E-state index contributed by atoms with van der Waals surface area (Å²) in [7, 11) is 0. The van der Waals surface area contributed by atoms with E-state index < -0.39 is 0 Å². The van der Waals surface area contributed by atoms with E-state index in [9.17, 15) is 4.79 Å². The van der Waals surface area contributed by atoms with Crippen LogP contribution in [0.3, 0.4) is 0 Å². The van der Waals surface area contributed by atoms with Crippen molar-refractivity contribution < 1.29 is 4.79 Å². The molecule has 100 valence electrons. The first-order valence-corrected chi connectivity index (χ1v) is 7.14. The lowest BCUT2D eigenvalue weighted by atomic mass is 9.90. The molecule has 1 saturated heterocycles. The van der Waals surface area contributed by atoms with E-state index in [1.165, 1.54) is 0 Å². The molecule has 0 bridgehead atoms. The van der Waals surface area contributed by atoms with Crippen LogP contribution in [-0.2, 0) is 0 Å². The Labute approximate surface area is 106 Å². The van der Waals surface area contributed by atoms with E-state index in [0.29, 0.717) is 0 Å². The zero-order valence-electron chi connectivity index (χ0n) is 11.9. The first-order chi connectivity index (χ1) is 8.06. The Hall–Kier alpha value is -0.730. The molecule has 0 aromatic carbocycles. The summed E-state index contributed by atoms with van der Waals surface area (Å²) in [5.74, 6) is 0.771. The molecule has 0 aromatic rings. The summed E-state index contributed by atoms with van der Waals surface area (Å²) in [5, 5.41) is 3.25. The Bertz CT molecular complexity index is 232. The summed E-state index contributed by atoms with van der Waals surface area (Å²) in [4.78, 5) is 14.2. The Kier molecular flexibility index (Phi) is 5.29. The van der Waals surface area contributed by atoms with Gasteiger partial charge in [-0.1, -0.05) is 27.7 Å². The fourth-order valence-corrected chi connectivity index (χ4v) is 2.53. The molecule has 1 fully saturated rings. The molecule has 2 amide bonds. The molecule has 1 aliphatic heterocycles. The lowest BCUT2D eigenvalue weighted by molar-refractivity contribution is 0.157. The largest absolute Gasteiger partial charge is 0.333 e. The molecule has 0 aliphatic carbocycles. The lowest BCUT2D eigenvalue weighted by Gasteiger charge is -2.37. The molecule has 1 aliphatic rings. The van der Waals surface area contributed by atoms with Crippen molar-refractivity contribution in [1.82, 2.24) is 10.2 Å². The van der Waals surface area contributed by atoms with Crippen molar-refractivity contribution in [3.63, 3.8) is 0 Å². The second kappa shape index (κ2) is 6.27. The maximum Gasteiger partial charge on any atom is 0.317 e. The summed E-state index contributed by atoms with van der Waals surface area (Å²) >= 11 is 0. The number of hydrogen-bond acceptors (Lipinski definition) is 1. The van der Waals surface area contributed by atoms with Crippen LogP contribution >= 0.6 is 0 Å². The van der Waals surface area contributed by atoms with Crippen LogP contribution in [0.15, 0.2) is 0 Å². The predicted octanol–water partition coefficient (Wildman–Crippen LogP) is 3.40. The standard InChI is InChI=1S/C14H28N2O/c1-5-14(6-2,7-3)15-13(17)16-10-8-12(4)9-11-16/h12H,5-11H2,1-4H3,(H,15,17). The minimum absolute atomic E-state index is 0.000145. The van der Waals surface area contributed by atoms with Gasteiger partial charge in [-0.15, -0.1) is 0 Å². The molecule has 1 rings (SSSR count). The van der Waals surface area contributed by atoms with Crippen molar-refractivity contribution in [1.29, 1.82) is 0 Å². The number of carbonyl (C=O) groups excluding carboxylic acids is 1. The predicted molar refractivity (Wildman–Crippen MR) is 72.1 cm³/mol. The maximum atomic E-state index is 12.2. The molecule has 0 saturated carbocycles. The second-order valence-corrected chi connectivity index (χ2v) is 5.44. The fraction of sp³-hybridized carbons (Fsp3) is 0.929. The van der Waals surface area contributed by atoms with Crippen molar-refractivity contribution in [3.05, 3.63) is 0 Å². The first-order valence-electron chi connectivity index (χ1n) is 7.14. The van der Waals surface area contributed by atoms with E-state index in [2.05, 4.69) is 33.0 Å². The Morgan fingerprint density at radius 2 is 1.65 bits per heavy atom. The first kappa shape index (κ1) is 14.3. The van der Waals surface area contributed by atoms with Crippen molar-refractivity contribution in [2.75, 3.05) is 13.1 Å². The average molecular weight is 240 g/mol. The minimum atomic E-state index is 0.000145. The highest BCUT2D eigenvalue weighted by molar-refractivity contribution is 5.75. The number of nitrogens with zero attached hydrogens (tertiary/aromatic N) is 1. The van der Waals surface area contributed by atoms with Crippen LogP contribution in [0.1, 0.15) is 59.8 Å². The number of carbonyl (C=O) groups is 1. The normalized spacial score (nSPS) is 18.2. The van der Waals surface area contributed by atoms with E-state index in [4.69, 9.17) is 0 Å². The van der Waals surface area contributed by atoms with E-state index in [-0.39, 0.29) is 11.6 Å². The molecule has 0 unspecified atom stereocenters. The molecule has 0 atom stereocenters. The van der Waals surface area contributed by atoms with Gasteiger partial charge in [-0.25, -0.2) is 4.79 Å². The zero-order chi connectivity index (χ0) is 12.9. The van der Waals surface area contributed by atoms with Gasteiger partial charge in [0.1, 0.15) is 0 Å². The van der Waals surface area contributed by atoms with Crippen molar-refractivity contribution in [3.8, 4) is 0 Å². The SMILES string of the molecule is CCC(CC)(CC)NC(=O)N1CCC(C)CC1. The summed E-state index contributed by atoms with van der Waals surface area (Å²) in [5.41, 5.74) is 0.000145. The van der Waals surface area contributed by atoms with Gasteiger partial charge in [-0.3, -0.25) is 0 Å². The number of piperidine rings is 1. The smallest absolute Gasteiger partial charge is 0.317 e. The quantitative estimate of drug-likeness (QED) is 0.802. The number of amides is 2. The van der Waals surface area contributed by atoms with E-state index >= 15 is 0 Å². The Balaban J connectivity index is 2.53. The third-order valence-corrected chi connectivity index (χ3v) is 4.47. The molecule has 17 heavy (non-hydrogen) atoms. The molecule has 1 heterocycles. The van der Waals surface area contributed by atoms with Crippen LogP contribution in [0, 0.1) is 5.92 Å². The molecule has 0 radical (unpaired) electrons. The van der Waals surface area contributed by atoms with Gasteiger partial charge in [0.25, 0.3) is 0 Å². The second-order valence-electron chi connectivity index (χ2n) is 5.44. The van der Waals surface area contributed by atoms with Gasteiger partial charge in [-0.05, 0) is 38.0 Å². The fourth-order valence-electron chi connectivity index (χ4n) is 2.53. The summed E-state index contributed by atoms with van der Waals surface area (Å²) in [6.45, 7) is 10.6. The van der Waals surface area contributed by atoms with Crippen LogP contribution in [0.2, 0.25) is 0 Å². The topological polar surface area (TPSA) is 32.3 Å². The molecule has 0 spiro atoms. The van der Waals surface area contributed by atoms with Crippen LogP contribution in [0.5, 0.6) is 0 Å². The maximum absolute atomic E-state index is 12.2. The third-order valence-electron chi connectivity index (χ3n) is 4.47. The zero-order valence-corrected chi connectivity index (χ0v) is 11.9. The Morgan fingerprint density at radius 3 is 2.06 bits per heavy atom. The number of nitrogens with one attached hydrogen (secondary N) is 1. The minimum Gasteiger partial charge on any atom is -0.333 e. The van der Waals surface area contributed by atoms with Gasteiger partial charge >= 0.3 is 6.03 Å². The number of likely N-dealkylation sites (tertiary alicyclic amines) is 1. The highest BCUT2D eigenvalue weighted by Gasteiger charge is 2.29.